The Kier molecular flexibility index (Phi) is 6.35. The average Bonchev–Trinajstić information content (AvgIpc) is 2.03. The summed E-state index contributed by atoms with van der Waals surface area (Å²) in [6, 6.07) is 0. The fourth-order valence-electron chi connectivity index (χ4n) is 0.862. The molecule has 0 aromatic heterocycles. The summed E-state index contributed by atoms with van der Waals surface area (Å²) in [7, 11) is 0. The van der Waals surface area contributed by atoms with Crippen LogP contribution >= 0.6 is 0 Å². The summed E-state index contributed by atoms with van der Waals surface area (Å²) in [5.41, 5.74) is 1.18. The summed E-state index contributed by atoms with van der Waals surface area (Å²) in [5, 5.41) is 0. The van der Waals surface area contributed by atoms with E-state index in [4.69, 9.17) is 0 Å². The Morgan fingerprint density at radius 1 is 1.42 bits per heavy atom. The Balaban J connectivity index is 4.23. The number of hydrogen-bond donors (Lipinski definition) is 0. The molecule has 0 saturated heterocycles. The molecule has 0 aromatic rings. The molecule has 0 aliphatic rings. The van der Waals surface area contributed by atoms with Crippen LogP contribution in [0.15, 0.2) is 28.9 Å². The Hall–Kier alpha value is -0.850. The molecule has 0 N–H and O–H groups in total. The van der Waals surface area contributed by atoms with Crippen LogP contribution < -0.4 is 0 Å². The highest BCUT2D eigenvalue weighted by molar-refractivity contribution is 5.71. The van der Waals surface area contributed by atoms with Gasteiger partial charge < -0.3 is 0 Å². The SMILES string of the molecule is C\C=C/C=N\C(=C\CC)C(C)C. The minimum absolute atomic E-state index is 0.520. The first-order valence-corrected chi connectivity index (χ1v) is 4.57. The van der Waals surface area contributed by atoms with Crippen LogP contribution in [0, 0.1) is 5.92 Å². The molecular formula is C11H19N. The van der Waals surface area contributed by atoms with E-state index in [1.165, 1.54) is 5.70 Å². The van der Waals surface area contributed by atoms with E-state index in [2.05, 4.69) is 31.8 Å². The smallest absolute Gasteiger partial charge is 0.0389 e. The molecule has 0 aromatic carbocycles. The number of rotatable bonds is 4. The van der Waals surface area contributed by atoms with Gasteiger partial charge in [0.15, 0.2) is 0 Å². The average molecular weight is 165 g/mol. The standard InChI is InChI=1S/C11H19N/c1-5-7-9-12-11(8-6-2)10(3)4/h5,7-10H,6H2,1-4H3/b7-5-,11-8+,12-9-. The van der Waals surface area contributed by atoms with Crippen molar-refractivity contribution in [3.8, 4) is 0 Å². The predicted octanol–water partition coefficient (Wildman–Crippen LogP) is 3.58. The lowest BCUT2D eigenvalue weighted by molar-refractivity contribution is 0.753. The van der Waals surface area contributed by atoms with Crippen LogP contribution in [0.3, 0.4) is 0 Å². The molecule has 0 fully saturated rings. The van der Waals surface area contributed by atoms with Crippen molar-refractivity contribution in [1.82, 2.24) is 0 Å². The highest BCUT2D eigenvalue weighted by atomic mass is 14.7. The first-order chi connectivity index (χ1) is 5.72. The second-order valence-electron chi connectivity index (χ2n) is 3.00. The summed E-state index contributed by atoms with van der Waals surface area (Å²) in [5.74, 6) is 0.520. The van der Waals surface area contributed by atoms with E-state index in [1.807, 2.05) is 25.3 Å². The third-order valence-corrected chi connectivity index (χ3v) is 1.51. The second kappa shape index (κ2) is 6.84. The van der Waals surface area contributed by atoms with E-state index < -0.39 is 0 Å². The van der Waals surface area contributed by atoms with Crippen molar-refractivity contribution in [1.29, 1.82) is 0 Å². The van der Waals surface area contributed by atoms with E-state index in [-0.39, 0.29) is 0 Å². The summed E-state index contributed by atoms with van der Waals surface area (Å²) in [6.07, 6.45) is 9.01. The number of hydrogen-bond acceptors (Lipinski definition) is 1. The molecule has 0 aliphatic heterocycles. The molecule has 0 rings (SSSR count). The van der Waals surface area contributed by atoms with Gasteiger partial charge in [-0.3, -0.25) is 4.99 Å². The third-order valence-electron chi connectivity index (χ3n) is 1.51. The van der Waals surface area contributed by atoms with Gasteiger partial charge >= 0.3 is 0 Å². The van der Waals surface area contributed by atoms with Crippen molar-refractivity contribution >= 4 is 6.21 Å². The van der Waals surface area contributed by atoms with Crippen LogP contribution in [0.1, 0.15) is 34.1 Å². The van der Waals surface area contributed by atoms with Crippen molar-refractivity contribution in [3.05, 3.63) is 23.9 Å². The maximum Gasteiger partial charge on any atom is 0.0389 e. The lowest BCUT2D eigenvalue weighted by Gasteiger charge is -2.03. The topological polar surface area (TPSA) is 12.4 Å². The Bertz CT molecular complexity index is 185. The molecule has 12 heavy (non-hydrogen) atoms. The van der Waals surface area contributed by atoms with Crippen LogP contribution in [0.5, 0.6) is 0 Å². The molecule has 68 valence electrons. The molecule has 0 bridgehead atoms. The van der Waals surface area contributed by atoms with Crippen LogP contribution in [-0.2, 0) is 0 Å². The van der Waals surface area contributed by atoms with Crippen LogP contribution in [-0.4, -0.2) is 6.21 Å². The lowest BCUT2D eigenvalue weighted by Crippen LogP contribution is -1.90. The summed E-state index contributed by atoms with van der Waals surface area (Å²) >= 11 is 0. The monoisotopic (exact) mass is 165 g/mol. The largest absolute Gasteiger partial charge is 0.261 e. The molecular weight excluding hydrogens is 146 g/mol. The quantitative estimate of drug-likeness (QED) is 0.564. The first-order valence-electron chi connectivity index (χ1n) is 4.57. The molecule has 0 atom stereocenters. The zero-order valence-electron chi connectivity index (χ0n) is 8.54. The molecule has 1 heteroatoms. The molecule has 0 saturated carbocycles. The van der Waals surface area contributed by atoms with E-state index in [9.17, 15) is 0 Å². The van der Waals surface area contributed by atoms with Crippen LogP contribution in [0.4, 0.5) is 0 Å². The molecule has 0 unspecified atom stereocenters. The lowest BCUT2D eigenvalue weighted by atomic mass is 10.1. The summed E-state index contributed by atoms with van der Waals surface area (Å²) in [6.45, 7) is 8.45. The van der Waals surface area contributed by atoms with Gasteiger partial charge in [-0.1, -0.05) is 32.9 Å². The zero-order chi connectivity index (χ0) is 9.40. The maximum absolute atomic E-state index is 4.35. The van der Waals surface area contributed by atoms with E-state index in [0.29, 0.717) is 5.92 Å². The highest BCUT2D eigenvalue weighted by Crippen LogP contribution is 2.10. The van der Waals surface area contributed by atoms with E-state index >= 15 is 0 Å². The van der Waals surface area contributed by atoms with Gasteiger partial charge in [0.25, 0.3) is 0 Å². The maximum atomic E-state index is 4.35. The van der Waals surface area contributed by atoms with Crippen molar-refractivity contribution in [2.24, 2.45) is 10.9 Å². The fraction of sp³-hybridized carbons (Fsp3) is 0.545. The predicted molar refractivity (Wildman–Crippen MR) is 56.5 cm³/mol. The molecule has 0 heterocycles. The molecule has 1 nitrogen and oxygen atoms in total. The van der Waals surface area contributed by atoms with Crippen molar-refractivity contribution in [2.75, 3.05) is 0 Å². The summed E-state index contributed by atoms with van der Waals surface area (Å²) in [4.78, 5) is 4.35. The minimum atomic E-state index is 0.520. The van der Waals surface area contributed by atoms with Gasteiger partial charge in [0.1, 0.15) is 0 Å². The molecule has 0 amide bonds. The minimum Gasteiger partial charge on any atom is -0.261 e. The highest BCUT2D eigenvalue weighted by Gasteiger charge is 1.97. The van der Waals surface area contributed by atoms with Gasteiger partial charge in [-0.2, -0.15) is 0 Å². The second-order valence-corrected chi connectivity index (χ2v) is 3.00. The van der Waals surface area contributed by atoms with Gasteiger partial charge in [-0.25, -0.2) is 0 Å². The number of allylic oxidation sites excluding steroid dienone is 4. The Morgan fingerprint density at radius 2 is 2.08 bits per heavy atom. The third kappa shape index (κ3) is 4.89. The van der Waals surface area contributed by atoms with E-state index in [1.54, 1.807) is 0 Å². The number of nitrogens with zero attached hydrogens (tertiary/aromatic N) is 1. The van der Waals surface area contributed by atoms with Gasteiger partial charge in [-0.05, 0) is 25.3 Å². The molecule has 0 spiro atoms. The molecule has 0 radical (unpaired) electrons. The van der Waals surface area contributed by atoms with Crippen molar-refractivity contribution in [3.63, 3.8) is 0 Å². The normalized spacial score (nSPS) is 13.9. The van der Waals surface area contributed by atoms with E-state index in [0.717, 1.165) is 6.42 Å². The summed E-state index contributed by atoms with van der Waals surface area (Å²) < 4.78 is 0. The van der Waals surface area contributed by atoms with Crippen LogP contribution in [0.2, 0.25) is 0 Å². The van der Waals surface area contributed by atoms with Gasteiger partial charge in [0, 0.05) is 11.9 Å². The van der Waals surface area contributed by atoms with Crippen molar-refractivity contribution in [2.45, 2.75) is 34.1 Å². The Morgan fingerprint density at radius 3 is 2.50 bits per heavy atom. The van der Waals surface area contributed by atoms with Crippen LogP contribution in [0.25, 0.3) is 0 Å². The van der Waals surface area contributed by atoms with Gasteiger partial charge in [0.2, 0.25) is 0 Å². The molecule has 0 aliphatic carbocycles. The Labute approximate surface area is 75.9 Å². The number of aliphatic imine (C=N–C) groups is 1. The van der Waals surface area contributed by atoms with Crippen molar-refractivity contribution < 1.29 is 0 Å². The van der Waals surface area contributed by atoms with Gasteiger partial charge in [-0.15, -0.1) is 0 Å². The first kappa shape index (κ1) is 11.2. The zero-order valence-corrected chi connectivity index (χ0v) is 8.54. The fourth-order valence-corrected chi connectivity index (χ4v) is 0.862. The van der Waals surface area contributed by atoms with Gasteiger partial charge in [0.05, 0.1) is 0 Å².